The maximum absolute atomic E-state index is 12.2. The second kappa shape index (κ2) is 7.40. The largest absolute Gasteiger partial charge is 0.355 e. The van der Waals surface area contributed by atoms with Gasteiger partial charge in [-0.25, -0.2) is 0 Å². The number of unbranched alkanes of at least 4 members (excludes halogenated alkanes) is 1. The fourth-order valence-corrected chi connectivity index (χ4v) is 4.74. The van der Waals surface area contributed by atoms with E-state index in [0.29, 0.717) is 6.54 Å². The number of nitrogens with one attached hydrogen (secondary N) is 1. The van der Waals surface area contributed by atoms with Gasteiger partial charge in [0.2, 0.25) is 5.91 Å². The van der Waals surface area contributed by atoms with Gasteiger partial charge in [0.05, 0.1) is 12.6 Å². The summed E-state index contributed by atoms with van der Waals surface area (Å²) in [5.74, 6) is 0.147. The van der Waals surface area contributed by atoms with Gasteiger partial charge in [-0.1, -0.05) is 19.4 Å². The molecule has 0 fully saturated rings. The Morgan fingerprint density at radius 1 is 1.36 bits per heavy atom. The van der Waals surface area contributed by atoms with E-state index in [9.17, 15) is 4.79 Å². The van der Waals surface area contributed by atoms with Crippen LogP contribution in [0.4, 0.5) is 0 Å². The van der Waals surface area contributed by atoms with Crippen molar-refractivity contribution in [2.45, 2.75) is 32.2 Å². The number of hydrogen-bond acceptors (Lipinski definition) is 4. The smallest absolute Gasteiger partial charge is 0.234 e. The van der Waals surface area contributed by atoms with Crippen molar-refractivity contribution in [1.82, 2.24) is 10.2 Å². The van der Waals surface area contributed by atoms with Gasteiger partial charge in [-0.2, -0.15) is 0 Å². The predicted molar refractivity (Wildman–Crippen MR) is 93.7 cm³/mol. The minimum absolute atomic E-state index is 0.147. The minimum atomic E-state index is 0.147. The van der Waals surface area contributed by atoms with E-state index in [1.54, 1.807) is 11.3 Å². The Hall–Kier alpha value is -1.17. The van der Waals surface area contributed by atoms with E-state index < -0.39 is 0 Å². The standard InChI is InChI=1S/C17H22N2OS2/c1-2-3-8-18-16(20)12-19-9-6-14-13(7-11-22-14)17(19)15-5-4-10-21-15/h4-5,7,10-11,17H,2-3,6,8-9,12H2,1H3,(H,18,20)/t17-/m1/s1. The Morgan fingerprint density at radius 3 is 3.05 bits per heavy atom. The number of carbonyl (C=O) groups excluding carboxylic acids is 1. The van der Waals surface area contributed by atoms with Gasteiger partial charge in [0.15, 0.2) is 0 Å². The summed E-state index contributed by atoms with van der Waals surface area (Å²) in [6, 6.07) is 6.75. The first kappa shape index (κ1) is 15.7. The monoisotopic (exact) mass is 334 g/mol. The lowest BCUT2D eigenvalue weighted by molar-refractivity contribution is -0.122. The number of rotatable bonds is 6. The van der Waals surface area contributed by atoms with Crippen LogP contribution < -0.4 is 5.32 Å². The molecule has 0 aromatic carbocycles. The number of amides is 1. The molecule has 1 atom stereocenters. The number of carbonyl (C=O) groups is 1. The molecule has 3 nitrogen and oxygen atoms in total. The van der Waals surface area contributed by atoms with Crippen LogP contribution in [0.1, 0.15) is 41.1 Å². The van der Waals surface area contributed by atoms with Crippen molar-refractivity contribution in [3.8, 4) is 0 Å². The molecular weight excluding hydrogens is 312 g/mol. The third-order valence-corrected chi connectivity index (χ3v) is 6.00. The molecule has 0 saturated heterocycles. The summed E-state index contributed by atoms with van der Waals surface area (Å²) in [4.78, 5) is 17.3. The van der Waals surface area contributed by atoms with Crippen LogP contribution in [0, 0.1) is 0 Å². The highest BCUT2D eigenvalue weighted by atomic mass is 32.1. The van der Waals surface area contributed by atoms with E-state index in [0.717, 1.165) is 32.4 Å². The lowest BCUT2D eigenvalue weighted by Gasteiger charge is -2.34. The number of hydrogen-bond donors (Lipinski definition) is 1. The van der Waals surface area contributed by atoms with Gasteiger partial charge in [0.1, 0.15) is 0 Å². The van der Waals surface area contributed by atoms with Crippen molar-refractivity contribution in [2.24, 2.45) is 0 Å². The molecule has 0 unspecified atom stereocenters. The van der Waals surface area contributed by atoms with E-state index in [-0.39, 0.29) is 11.9 Å². The third-order valence-electron chi connectivity index (χ3n) is 4.08. The molecule has 0 aliphatic carbocycles. The van der Waals surface area contributed by atoms with E-state index in [1.165, 1.54) is 15.3 Å². The Kier molecular flexibility index (Phi) is 5.28. The van der Waals surface area contributed by atoms with Gasteiger partial charge < -0.3 is 5.32 Å². The van der Waals surface area contributed by atoms with Crippen molar-refractivity contribution >= 4 is 28.6 Å². The molecular formula is C17H22N2OS2. The topological polar surface area (TPSA) is 32.3 Å². The zero-order chi connectivity index (χ0) is 15.4. The molecule has 0 spiro atoms. The van der Waals surface area contributed by atoms with Crippen LogP contribution >= 0.6 is 22.7 Å². The Balaban J connectivity index is 1.74. The maximum Gasteiger partial charge on any atom is 0.234 e. The summed E-state index contributed by atoms with van der Waals surface area (Å²) in [6.45, 7) is 4.37. The highest BCUT2D eigenvalue weighted by Crippen LogP contribution is 2.39. The molecule has 0 saturated carbocycles. The molecule has 3 heterocycles. The average Bonchev–Trinajstić information content (AvgIpc) is 3.18. The quantitative estimate of drug-likeness (QED) is 0.818. The van der Waals surface area contributed by atoms with E-state index >= 15 is 0 Å². The number of fused-ring (bicyclic) bond motifs is 1. The van der Waals surface area contributed by atoms with Crippen molar-refractivity contribution in [2.75, 3.05) is 19.6 Å². The molecule has 0 radical (unpaired) electrons. The van der Waals surface area contributed by atoms with Gasteiger partial charge in [0.25, 0.3) is 0 Å². The van der Waals surface area contributed by atoms with Crippen LogP contribution in [0.5, 0.6) is 0 Å². The average molecular weight is 335 g/mol. The van der Waals surface area contributed by atoms with Gasteiger partial charge in [0, 0.05) is 22.8 Å². The molecule has 118 valence electrons. The number of nitrogens with zero attached hydrogens (tertiary/aromatic N) is 1. The summed E-state index contributed by atoms with van der Waals surface area (Å²) in [5, 5.41) is 7.34. The molecule has 0 bridgehead atoms. The molecule has 1 amide bonds. The Labute approximate surface area is 140 Å². The number of thiophene rings is 2. The van der Waals surface area contributed by atoms with Gasteiger partial charge in [-0.3, -0.25) is 9.69 Å². The maximum atomic E-state index is 12.2. The third kappa shape index (κ3) is 3.42. The summed E-state index contributed by atoms with van der Waals surface area (Å²) in [7, 11) is 0. The lowest BCUT2D eigenvalue weighted by atomic mass is 9.98. The molecule has 1 N–H and O–H groups in total. The molecule has 22 heavy (non-hydrogen) atoms. The van der Waals surface area contributed by atoms with Crippen LogP contribution in [0.3, 0.4) is 0 Å². The predicted octanol–water partition coefficient (Wildman–Crippen LogP) is 3.67. The van der Waals surface area contributed by atoms with Crippen molar-refractivity contribution in [3.63, 3.8) is 0 Å². The fraction of sp³-hybridized carbons (Fsp3) is 0.471. The lowest BCUT2D eigenvalue weighted by Crippen LogP contribution is -2.42. The van der Waals surface area contributed by atoms with Gasteiger partial charge in [-0.15, -0.1) is 22.7 Å². The second-order valence-electron chi connectivity index (χ2n) is 5.64. The highest BCUT2D eigenvalue weighted by molar-refractivity contribution is 7.10. The molecule has 5 heteroatoms. The minimum Gasteiger partial charge on any atom is -0.355 e. The van der Waals surface area contributed by atoms with Crippen LogP contribution in [-0.4, -0.2) is 30.4 Å². The summed E-state index contributed by atoms with van der Waals surface area (Å²) < 4.78 is 0. The van der Waals surface area contributed by atoms with E-state index in [4.69, 9.17) is 0 Å². The van der Waals surface area contributed by atoms with Gasteiger partial charge in [-0.05, 0) is 41.3 Å². The molecule has 3 rings (SSSR count). The summed E-state index contributed by atoms with van der Waals surface area (Å²) in [5.41, 5.74) is 1.39. The molecule has 1 aliphatic heterocycles. The zero-order valence-corrected chi connectivity index (χ0v) is 14.5. The Morgan fingerprint density at radius 2 is 2.27 bits per heavy atom. The first-order valence-electron chi connectivity index (χ1n) is 7.90. The van der Waals surface area contributed by atoms with E-state index in [2.05, 4.69) is 46.1 Å². The first-order chi connectivity index (χ1) is 10.8. The van der Waals surface area contributed by atoms with E-state index in [1.807, 2.05) is 11.3 Å². The van der Waals surface area contributed by atoms with Gasteiger partial charge >= 0.3 is 0 Å². The van der Waals surface area contributed by atoms with Crippen LogP contribution in [-0.2, 0) is 11.2 Å². The van der Waals surface area contributed by atoms with Crippen molar-refractivity contribution in [1.29, 1.82) is 0 Å². The molecule has 2 aromatic heterocycles. The molecule has 2 aromatic rings. The van der Waals surface area contributed by atoms with Crippen molar-refractivity contribution in [3.05, 3.63) is 44.3 Å². The Bertz CT molecular complexity index is 606. The first-order valence-corrected chi connectivity index (χ1v) is 9.66. The SMILES string of the molecule is CCCCNC(=O)CN1CCc2sccc2[C@@H]1c1cccs1. The normalized spacial score (nSPS) is 18.1. The summed E-state index contributed by atoms with van der Waals surface area (Å²) >= 11 is 3.62. The molecule has 1 aliphatic rings. The summed E-state index contributed by atoms with van der Waals surface area (Å²) in [6.07, 6.45) is 3.21. The second-order valence-corrected chi connectivity index (χ2v) is 7.62. The van der Waals surface area contributed by atoms with Crippen LogP contribution in [0.15, 0.2) is 29.0 Å². The van der Waals surface area contributed by atoms with Crippen LogP contribution in [0.25, 0.3) is 0 Å². The fourth-order valence-electron chi connectivity index (χ4n) is 2.96. The van der Waals surface area contributed by atoms with Crippen molar-refractivity contribution < 1.29 is 4.79 Å². The zero-order valence-electron chi connectivity index (χ0n) is 12.9. The highest BCUT2D eigenvalue weighted by Gasteiger charge is 2.31. The van der Waals surface area contributed by atoms with Crippen LogP contribution in [0.2, 0.25) is 0 Å².